The van der Waals surface area contributed by atoms with Gasteiger partial charge in [0.25, 0.3) is 0 Å². The average molecular weight is 235 g/mol. The number of hydrogen-bond acceptors (Lipinski definition) is 3. The summed E-state index contributed by atoms with van der Waals surface area (Å²) in [5.74, 6) is 0. The third-order valence-corrected chi connectivity index (χ3v) is 4.57. The number of thiazole rings is 1. The van der Waals surface area contributed by atoms with Crippen LogP contribution in [0.2, 0.25) is 0 Å². The molecule has 2 N–H and O–H groups in total. The van der Waals surface area contributed by atoms with Gasteiger partial charge in [-0.15, -0.1) is 11.3 Å². The highest BCUT2D eigenvalue weighted by molar-refractivity contribution is 7.15. The summed E-state index contributed by atoms with van der Waals surface area (Å²) in [7, 11) is 0. The van der Waals surface area contributed by atoms with Crippen molar-refractivity contribution < 1.29 is 0 Å². The Morgan fingerprint density at radius 1 is 1.44 bits per heavy atom. The van der Waals surface area contributed by atoms with E-state index in [0.29, 0.717) is 5.41 Å². The molecule has 0 unspecified atom stereocenters. The lowest BCUT2D eigenvalue weighted by Crippen LogP contribution is -2.29. The van der Waals surface area contributed by atoms with E-state index in [9.17, 15) is 0 Å². The van der Waals surface area contributed by atoms with Gasteiger partial charge in [0.05, 0.1) is 5.69 Å². The molecule has 4 heteroatoms. The summed E-state index contributed by atoms with van der Waals surface area (Å²) in [5.41, 5.74) is 7.50. The fourth-order valence-corrected chi connectivity index (χ4v) is 3.54. The van der Waals surface area contributed by atoms with Gasteiger partial charge in [0, 0.05) is 17.8 Å². The van der Waals surface area contributed by atoms with Gasteiger partial charge in [0.2, 0.25) is 0 Å². The molecule has 0 radical (unpaired) electrons. The molecule has 2 aromatic rings. The first-order valence-corrected chi connectivity index (χ1v) is 6.80. The molecule has 0 saturated heterocycles. The number of aromatic nitrogens is 2. The molecule has 2 heterocycles. The predicted molar refractivity (Wildman–Crippen MR) is 66.7 cm³/mol. The second-order valence-electron chi connectivity index (χ2n) is 4.91. The van der Waals surface area contributed by atoms with E-state index < -0.39 is 0 Å². The van der Waals surface area contributed by atoms with E-state index in [2.05, 4.69) is 27.2 Å². The second kappa shape index (κ2) is 3.86. The summed E-state index contributed by atoms with van der Waals surface area (Å²) in [6, 6.07) is 0. The highest BCUT2D eigenvalue weighted by atomic mass is 32.1. The fourth-order valence-electron chi connectivity index (χ4n) is 2.82. The molecule has 16 heavy (non-hydrogen) atoms. The third-order valence-electron chi connectivity index (χ3n) is 3.80. The first-order valence-electron chi connectivity index (χ1n) is 5.93. The number of imidazole rings is 1. The lowest BCUT2D eigenvalue weighted by atomic mass is 9.82. The van der Waals surface area contributed by atoms with E-state index >= 15 is 0 Å². The van der Waals surface area contributed by atoms with Gasteiger partial charge in [0.1, 0.15) is 0 Å². The van der Waals surface area contributed by atoms with Gasteiger partial charge >= 0.3 is 0 Å². The number of nitrogens with two attached hydrogens (primary N) is 1. The minimum absolute atomic E-state index is 0.337. The van der Waals surface area contributed by atoms with Gasteiger partial charge in [-0.25, -0.2) is 4.98 Å². The molecule has 1 saturated carbocycles. The van der Waals surface area contributed by atoms with Gasteiger partial charge in [-0.3, -0.25) is 4.40 Å². The van der Waals surface area contributed by atoms with E-state index in [4.69, 9.17) is 5.73 Å². The SMILES string of the molecule is NCC1(Cc2cn3ccsc3n2)CCCC1. The smallest absolute Gasteiger partial charge is 0.193 e. The van der Waals surface area contributed by atoms with Gasteiger partial charge in [-0.2, -0.15) is 0 Å². The predicted octanol–water partition coefficient (Wildman–Crippen LogP) is 2.46. The van der Waals surface area contributed by atoms with Crippen LogP contribution in [0.3, 0.4) is 0 Å². The van der Waals surface area contributed by atoms with Crippen LogP contribution in [-0.2, 0) is 6.42 Å². The molecule has 3 nitrogen and oxygen atoms in total. The minimum atomic E-state index is 0.337. The highest BCUT2D eigenvalue weighted by Gasteiger charge is 2.33. The Morgan fingerprint density at radius 2 is 2.25 bits per heavy atom. The zero-order chi connectivity index (χ0) is 11.0. The van der Waals surface area contributed by atoms with Crippen LogP contribution in [0.25, 0.3) is 4.96 Å². The molecular weight excluding hydrogens is 218 g/mol. The Morgan fingerprint density at radius 3 is 2.94 bits per heavy atom. The number of fused-ring (bicyclic) bond motifs is 1. The monoisotopic (exact) mass is 235 g/mol. The molecule has 1 fully saturated rings. The Balaban J connectivity index is 1.85. The lowest BCUT2D eigenvalue weighted by Gasteiger charge is -2.25. The Kier molecular flexibility index (Phi) is 2.48. The summed E-state index contributed by atoms with van der Waals surface area (Å²) in [6.45, 7) is 0.804. The number of nitrogens with zero attached hydrogens (tertiary/aromatic N) is 2. The van der Waals surface area contributed by atoms with Crippen molar-refractivity contribution in [1.82, 2.24) is 9.38 Å². The van der Waals surface area contributed by atoms with Crippen molar-refractivity contribution in [2.24, 2.45) is 11.1 Å². The maximum absolute atomic E-state index is 5.95. The van der Waals surface area contributed by atoms with Crippen molar-refractivity contribution in [2.75, 3.05) is 6.54 Å². The molecule has 86 valence electrons. The zero-order valence-electron chi connectivity index (χ0n) is 9.35. The Labute approximate surface area is 99.3 Å². The van der Waals surface area contributed by atoms with Gasteiger partial charge < -0.3 is 5.73 Å². The van der Waals surface area contributed by atoms with Crippen LogP contribution in [0, 0.1) is 5.41 Å². The first kappa shape index (κ1) is 10.3. The van der Waals surface area contributed by atoms with Crippen LogP contribution in [0.1, 0.15) is 31.4 Å². The third kappa shape index (κ3) is 1.66. The number of rotatable bonds is 3. The molecule has 1 aliphatic carbocycles. The van der Waals surface area contributed by atoms with Gasteiger partial charge in [0.15, 0.2) is 4.96 Å². The Bertz CT molecular complexity index is 451. The normalized spacial score (nSPS) is 19.6. The quantitative estimate of drug-likeness (QED) is 0.888. The summed E-state index contributed by atoms with van der Waals surface area (Å²) in [5, 5.41) is 2.07. The molecule has 0 amide bonds. The minimum Gasteiger partial charge on any atom is -0.330 e. The highest BCUT2D eigenvalue weighted by Crippen LogP contribution is 2.39. The van der Waals surface area contributed by atoms with Crippen molar-refractivity contribution in [1.29, 1.82) is 0 Å². The molecular formula is C12H17N3S. The van der Waals surface area contributed by atoms with E-state index in [1.165, 1.54) is 31.4 Å². The Hall–Kier alpha value is -0.870. The van der Waals surface area contributed by atoms with Crippen LogP contribution in [0.4, 0.5) is 0 Å². The van der Waals surface area contributed by atoms with Crippen LogP contribution in [0.5, 0.6) is 0 Å². The van der Waals surface area contributed by atoms with Crippen molar-refractivity contribution in [3.8, 4) is 0 Å². The maximum atomic E-state index is 5.95. The summed E-state index contributed by atoms with van der Waals surface area (Å²) < 4.78 is 2.11. The first-order chi connectivity index (χ1) is 7.81. The molecule has 1 aliphatic rings. The fraction of sp³-hybridized carbons (Fsp3) is 0.583. The standard InChI is InChI=1S/C12H17N3S/c13-9-12(3-1-2-4-12)7-10-8-15-5-6-16-11(15)14-10/h5-6,8H,1-4,7,9,13H2. The van der Waals surface area contributed by atoms with Gasteiger partial charge in [-0.1, -0.05) is 12.8 Å². The molecule has 0 aromatic carbocycles. The van der Waals surface area contributed by atoms with Crippen LogP contribution in [0.15, 0.2) is 17.8 Å². The zero-order valence-corrected chi connectivity index (χ0v) is 10.2. The van der Waals surface area contributed by atoms with Crippen molar-refractivity contribution >= 4 is 16.3 Å². The van der Waals surface area contributed by atoms with Crippen molar-refractivity contribution in [2.45, 2.75) is 32.1 Å². The molecule has 3 rings (SSSR count). The van der Waals surface area contributed by atoms with E-state index in [0.717, 1.165) is 17.9 Å². The van der Waals surface area contributed by atoms with Crippen LogP contribution < -0.4 is 5.73 Å². The van der Waals surface area contributed by atoms with Crippen LogP contribution in [-0.4, -0.2) is 15.9 Å². The summed E-state index contributed by atoms with van der Waals surface area (Å²) in [6.07, 6.45) is 10.5. The number of hydrogen-bond donors (Lipinski definition) is 1. The topological polar surface area (TPSA) is 43.3 Å². The van der Waals surface area contributed by atoms with E-state index in [1.807, 2.05) is 0 Å². The molecule has 0 aliphatic heterocycles. The summed E-state index contributed by atoms with van der Waals surface area (Å²) >= 11 is 1.69. The van der Waals surface area contributed by atoms with Crippen LogP contribution >= 0.6 is 11.3 Å². The average Bonchev–Trinajstić information content (AvgIpc) is 2.93. The van der Waals surface area contributed by atoms with Crippen molar-refractivity contribution in [3.05, 3.63) is 23.5 Å². The molecule has 2 aromatic heterocycles. The second-order valence-corrected chi connectivity index (χ2v) is 5.79. The summed E-state index contributed by atoms with van der Waals surface area (Å²) in [4.78, 5) is 5.75. The van der Waals surface area contributed by atoms with E-state index in [1.54, 1.807) is 11.3 Å². The van der Waals surface area contributed by atoms with Crippen molar-refractivity contribution in [3.63, 3.8) is 0 Å². The molecule has 0 bridgehead atoms. The largest absolute Gasteiger partial charge is 0.330 e. The lowest BCUT2D eigenvalue weighted by molar-refractivity contribution is 0.304. The van der Waals surface area contributed by atoms with Gasteiger partial charge in [-0.05, 0) is 31.2 Å². The van der Waals surface area contributed by atoms with E-state index in [-0.39, 0.29) is 0 Å². The molecule has 0 atom stereocenters. The molecule has 0 spiro atoms. The maximum Gasteiger partial charge on any atom is 0.193 e.